The monoisotopic (exact) mass is 259 g/mol. The summed E-state index contributed by atoms with van der Waals surface area (Å²) >= 11 is 0. The summed E-state index contributed by atoms with van der Waals surface area (Å²) in [6, 6.07) is 5.07. The first-order valence-electron chi connectivity index (χ1n) is 7.54. The van der Waals surface area contributed by atoms with Gasteiger partial charge in [-0.25, -0.2) is 0 Å². The molecule has 104 valence electrons. The van der Waals surface area contributed by atoms with Crippen LogP contribution in [0.4, 0.5) is 0 Å². The molecule has 0 bridgehead atoms. The number of aromatic nitrogens is 2. The fourth-order valence-electron chi connectivity index (χ4n) is 3.07. The molecule has 3 nitrogen and oxygen atoms in total. The third-order valence-electron chi connectivity index (χ3n) is 4.59. The van der Waals surface area contributed by atoms with E-state index in [4.69, 9.17) is 0 Å². The lowest BCUT2D eigenvalue weighted by Gasteiger charge is -2.34. The van der Waals surface area contributed by atoms with E-state index in [9.17, 15) is 5.26 Å². The molecule has 0 saturated heterocycles. The number of nitrogens with zero attached hydrogens (tertiary/aromatic N) is 3. The molecule has 1 heterocycles. The van der Waals surface area contributed by atoms with Crippen LogP contribution < -0.4 is 0 Å². The summed E-state index contributed by atoms with van der Waals surface area (Å²) in [5, 5.41) is 14.2. The molecule has 0 amide bonds. The van der Waals surface area contributed by atoms with Crippen LogP contribution >= 0.6 is 0 Å². The second-order valence-corrected chi connectivity index (χ2v) is 6.30. The van der Waals surface area contributed by atoms with Gasteiger partial charge in [0.15, 0.2) is 0 Å². The maximum atomic E-state index is 9.59. The van der Waals surface area contributed by atoms with Crippen molar-refractivity contribution in [3.63, 3.8) is 0 Å². The topological polar surface area (TPSA) is 41.6 Å². The van der Waals surface area contributed by atoms with Crippen LogP contribution in [0, 0.1) is 22.7 Å². The number of hydrogen-bond donors (Lipinski definition) is 0. The summed E-state index contributed by atoms with van der Waals surface area (Å²) in [4.78, 5) is 0. The molecule has 1 aromatic heterocycles. The normalized spacial score (nSPS) is 27.4. The van der Waals surface area contributed by atoms with Gasteiger partial charge in [0.1, 0.15) is 0 Å². The molecule has 0 N–H and O–H groups in total. The molecule has 0 aliphatic heterocycles. The predicted molar refractivity (Wildman–Crippen MR) is 76.6 cm³/mol. The van der Waals surface area contributed by atoms with E-state index in [1.165, 1.54) is 19.3 Å². The van der Waals surface area contributed by atoms with Crippen molar-refractivity contribution < 1.29 is 0 Å². The molecule has 0 radical (unpaired) electrons. The smallest absolute Gasteiger partial charge is 0.0693 e. The summed E-state index contributed by atoms with van der Waals surface area (Å²) in [7, 11) is 0. The third kappa shape index (κ3) is 3.18. The van der Waals surface area contributed by atoms with Crippen molar-refractivity contribution in [3.05, 3.63) is 18.0 Å². The molecule has 3 heteroatoms. The van der Waals surface area contributed by atoms with Crippen molar-refractivity contribution in [1.29, 1.82) is 5.26 Å². The number of hydrogen-bond acceptors (Lipinski definition) is 2. The summed E-state index contributed by atoms with van der Waals surface area (Å²) in [6.07, 6.45) is 8.59. The van der Waals surface area contributed by atoms with Crippen LogP contribution in [0.2, 0.25) is 0 Å². The van der Waals surface area contributed by atoms with E-state index >= 15 is 0 Å². The quantitative estimate of drug-likeness (QED) is 0.816. The fraction of sp³-hybridized carbons (Fsp3) is 0.750. The van der Waals surface area contributed by atoms with Crippen molar-refractivity contribution in [2.45, 2.75) is 65.3 Å². The van der Waals surface area contributed by atoms with Gasteiger partial charge in [0.25, 0.3) is 0 Å². The van der Waals surface area contributed by atoms with Crippen molar-refractivity contribution in [1.82, 2.24) is 9.78 Å². The molecular weight excluding hydrogens is 234 g/mol. The Morgan fingerprint density at radius 3 is 2.63 bits per heavy atom. The third-order valence-corrected chi connectivity index (χ3v) is 4.59. The molecule has 1 aliphatic carbocycles. The molecule has 0 unspecified atom stereocenters. The second-order valence-electron chi connectivity index (χ2n) is 6.30. The van der Waals surface area contributed by atoms with E-state index in [0.29, 0.717) is 6.04 Å². The summed E-state index contributed by atoms with van der Waals surface area (Å²) in [6.45, 7) is 6.51. The highest BCUT2D eigenvalue weighted by molar-refractivity contribution is 5.11. The minimum atomic E-state index is -0.165. The zero-order valence-corrected chi connectivity index (χ0v) is 12.4. The summed E-state index contributed by atoms with van der Waals surface area (Å²) in [5.41, 5.74) is 0.909. The summed E-state index contributed by atoms with van der Waals surface area (Å²) in [5.74, 6) is 0.828. The molecule has 0 aromatic carbocycles. The van der Waals surface area contributed by atoms with E-state index in [1.807, 2.05) is 10.9 Å². The average molecular weight is 259 g/mol. The van der Waals surface area contributed by atoms with Crippen LogP contribution in [0.3, 0.4) is 0 Å². The van der Waals surface area contributed by atoms with Crippen LogP contribution in [-0.2, 0) is 6.42 Å². The van der Waals surface area contributed by atoms with Gasteiger partial charge >= 0.3 is 0 Å². The SMILES string of the molecule is CCC1CCC(C#N)(Cc2ccn(C(C)C)n2)CC1. The van der Waals surface area contributed by atoms with E-state index in [0.717, 1.165) is 30.9 Å². The molecule has 1 aromatic rings. The van der Waals surface area contributed by atoms with Crippen LogP contribution in [0.15, 0.2) is 12.3 Å². The Balaban J connectivity index is 2.05. The molecule has 2 rings (SSSR count). The van der Waals surface area contributed by atoms with Crippen LogP contribution in [0.5, 0.6) is 0 Å². The van der Waals surface area contributed by atoms with E-state index < -0.39 is 0 Å². The Labute approximate surface area is 116 Å². The number of rotatable bonds is 4. The van der Waals surface area contributed by atoms with Gasteiger partial charge in [-0.2, -0.15) is 10.4 Å². The van der Waals surface area contributed by atoms with Crippen molar-refractivity contribution >= 4 is 0 Å². The summed E-state index contributed by atoms with van der Waals surface area (Å²) < 4.78 is 1.98. The molecule has 1 saturated carbocycles. The lowest BCUT2D eigenvalue weighted by Crippen LogP contribution is -2.28. The van der Waals surface area contributed by atoms with Gasteiger partial charge in [-0.05, 0) is 51.5 Å². The van der Waals surface area contributed by atoms with Crippen LogP contribution in [-0.4, -0.2) is 9.78 Å². The highest BCUT2D eigenvalue weighted by Crippen LogP contribution is 2.41. The van der Waals surface area contributed by atoms with Gasteiger partial charge in [0.2, 0.25) is 0 Å². The molecule has 1 aliphatic rings. The second kappa shape index (κ2) is 5.77. The maximum Gasteiger partial charge on any atom is 0.0693 e. The standard InChI is InChI=1S/C16H25N3/c1-4-14-5-8-16(12-17,9-6-14)11-15-7-10-19(18-15)13(2)3/h7,10,13-14H,4-6,8-9,11H2,1-3H3. The van der Waals surface area contributed by atoms with Gasteiger partial charge in [0.05, 0.1) is 17.2 Å². The van der Waals surface area contributed by atoms with Gasteiger partial charge in [-0.1, -0.05) is 13.3 Å². The van der Waals surface area contributed by atoms with Crippen molar-refractivity contribution in [2.24, 2.45) is 11.3 Å². The molecule has 1 fully saturated rings. The molecule has 19 heavy (non-hydrogen) atoms. The minimum Gasteiger partial charge on any atom is -0.270 e. The average Bonchev–Trinajstić information content (AvgIpc) is 2.88. The zero-order chi connectivity index (χ0) is 13.9. The van der Waals surface area contributed by atoms with Gasteiger partial charge < -0.3 is 0 Å². The Morgan fingerprint density at radius 2 is 2.16 bits per heavy atom. The fourth-order valence-corrected chi connectivity index (χ4v) is 3.07. The first-order valence-corrected chi connectivity index (χ1v) is 7.54. The number of nitriles is 1. The lowest BCUT2D eigenvalue weighted by molar-refractivity contribution is 0.203. The zero-order valence-electron chi connectivity index (χ0n) is 12.4. The Morgan fingerprint density at radius 1 is 1.47 bits per heavy atom. The van der Waals surface area contributed by atoms with Crippen molar-refractivity contribution in [3.8, 4) is 6.07 Å². The highest BCUT2D eigenvalue weighted by atomic mass is 15.3. The van der Waals surface area contributed by atoms with Gasteiger partial charge in [-0.15, -0.1) is 0 Å². The highest BCUT2D eigenvalue weighted by Gasteiger charge is 2.35. The molecular formula is C16H25N3. The van der Waals surface area contributed by atoms with E-state index in [-0.39, 0.29) is 5.41 Å². The first-order chi connectivity index (χ1) is 9.08. The Kier molecular flexibility index (Phi) is 4.29. The largest absolute Gasteiger partial charge is 0.270 e. The molecule has 0 spiro atoms. The first kappa shape index (κ1) is 14.1. The van der Waals surface area contributed by atoms with E-state index in [1.54, 1.807) is 0 Å². The Hall–Kier alpha value is -1.30. The lowest BCUT2D eigenvalue weighted by atomic mass is 9.68. The van der Waals surface area contributed by atoms with Crippen molar-refractivity contribution in [2.75, 3.05) is 0 Å². The van der Waals surface area contributed by atoms with Crippen LogP contribution in [0.25, 0.3) is 0 Å². The van der Waals surface area contributed by atoms with Crippen LogP contribution in [0.1, 0.15) is 64.6 Å². The predicted octanol–water partition coefficient (Wildman–Crippen LogP) is 4.12. The maximum absolute atomic E-state index is 9.59. The van der Waals surface area contributed by atoms with Gasteiger partial charge in [-0.3, -0.25) is 4.68 Å². The van der Waals surface area contributed by atoms with Gasteiger partial charge in [0, 0.05) is 18.7 Å². The minimum absolute atomic E-state index is 0.165. The molecule has 0 atom stereocenters. The van der Waals surface area contributed by atoms with E-state index in [2.05, 4.69) is 38.0 Å². The Bertz CT molecular complexity index is 445.